The fourth-order valence-corrected chi connectivity index (χ4v) is 7.78. The van der Waals surface area contributed by atoms with Crippen LogP contribution < -0.4 is 0 Å². The molecule has 140 valence electrons. The van der Waals surface area contributed by atoms with Crippen LogP contribution >= 0.6 is 0 Å². The summed E-state index contributed by atoms with van der Waals surface area (Å²) >= 11 is 0. The number of phenolic OH excluding ortho intramolecular Hbond substituents is 1. The maximum atomic E-state index is 12.2. The summed E-state index contributed by atoms with van der Waals surface area (Å²) in [4.78, 5) is 12.2. The molecule has 0 saturated heterocycles. The van der Waals surface area contributed by atoms with Crippen LogP contribution in [0.1, 0.15) is 82.3 Å². The average molecular weight is 354 g/mol. The van der Waals surface area contributed by atoms with Crippen LogP contribution in [0.2, 0.25) is 0 Å². The maximum absolute atomic E-state index is 12.2. The summed E-state index contributed by atoms with van der Waals surface area (Å²) in [7, 11) is 0. The second-order valence-electron chi connectivity index (χ2n) is 9.48. The Labute approximate surface area is 156 Å². The van der Waals surface area contributed by atoms with E-state index in [0.29, 0.717) is 29.4 Å². The molecule has 1 aromatic carbocycles. The van der Waals surface area contributed by atoms with Gasteiger partial charge in [-0.15, -0.1) is 0 Å². The molecule has 1 aromatic rings. The van der Waals surface area contributed by atoms with E-state index in [2.05, 4.69) is 13.0 Å². The second kappa shape index (κ2) is 5.27. The van der Waals surface area contributed by atoms with Gasteiger partial charge < -0.3 is 9.84 Å². The number of fused-ring (bicyclic) bond motifs is 3. The molecule has 0 unspecified atom stereocenters. The third-order valence-electron chi connectivity index (χ3n) is 9.05. The lowest BCUT2D eigenvalue weighted by Crippen LogP contribution is -2.53. The van der Waals surface area contributed by atoms with Gasteiger partial charge in [0.1, 0.15) is 11.4 Å². The molecule has 0 radical (unpaired) electrons. The van der Waals surface area contributed by atoms with Crippen LogP contribution in [0.25, 0.3) is 0 Å². The van der Waals surface area contributed by atoms with Gasteiger partial charge in [-0.2, -0.15) is 0 Å². The third-order valence-corrected chi connectivity index (χ3v) is 9.05. The van der Waals surface area contributed by atoms with Gasteiger partial charge in [0.15, 0.2) is 0 Å². The minimum absolute atomic E-state index is 0.0180. The topological polar surface area (TPSA) is 46.5 Å². The Morgan fingerprint density at radius 3 is 2.69 bits per heavy atom. The van der Waals surface area contributed by atoms with Crippen molar-refractivity contribution in [2.75, 3.05) is 0 Å². The highest BCUT2D eigenvalue weighted by molar-refractivity contribution is 5.69. The molecule has 3 fully saturated rings. The van der Waals surface area contributed by atoms with E-state index < -0.39 is 0 Å². The minimum Gasteiger partial charge on any atom is -0.508 e. The fourth-order valence-electron chi connectivity index (χ4n) is 7.78. The first-order chi connectivity index (χ1) is 12.4. The van der Waals surface area contributed by atoms with Crippen molar-refractivity contribution < 1.29 is 14.6 Å². The monoisotopic (exact) mass is 354 g/mol. The van der Waals surface area contributed by atoms with Gasteiger partial charge in [0.25, 0.3) is 0 Å². The van der Waals surface area contributed by atoms with Crippen molar-refractivity contribution in [3.05, 3.63) is 29.3 Å². The van der Waals surface area contributed by atoms with Crippen LogP contribution in [-0.2, 0) is 16.0 Å². The van der Waals surface area contributed by atoms with Gasteiger partial charge in [-0.05, 0) is 91.9 Å². The van der Waals surface area contributed by atoms with Gasteiger partial charge in [0.05, 0.1) is 0 Å². The predicted molar refractivity (Wildman–Crippen MR) is 100 cm³/mol. The highest BCUT2D eigenvalue weighted by Gasteiger charge is 2.75. The average Bonchev–Trinajstić information content (AvgIpc) is 3.04. The summed E-state index contributed by atoms with van der Waals surface area (Å²) in [6.45, 7) is 4.35. The fraction of sp³-hybridized carbons (Fsp3) is 0.696. The number of ether oxygens (including phenoxy) is 1. The van der Waals surface area contributed by atoms with Crippen LogP contribution in [0.5, 0.6) is 5.75 Å². The number of aromatic hydroxyl groups is 1. The standard InChI is InChI=1S/C23H30O3/c1-3-20(25)26-23-12-10-22(11-13-23)19-7-4-15-14-16(24)5-6-17(15)18(19)8-9-21(22,23)2/h5-6,14,18-19,24H,3-4,7-13H2,1-2H3/t18-,19-,21+,22-,23+/m1/s1. The molecule has 3 saturated carbocycles. The molecule has 2 bridgehead atoms. The van der Waals surface area contributed by atoms with E-state index in [4.69, 9.17) is 4.74 Å². The summed E-state index contributed by atoms with van der Waals surface area (Å²) in [5, 5.41) is 9.87. The molecular formula is C23H30O3. The highest BCUT2D eigenvalue weighted by atomic mass is 16.6. The SMILES string of the molecule is CCC(=O)O[C@]12CC[C@]3(CC1)[C@@H]1CCc4cc(O)ccc4[C@H]1CC[C@]23C. The number of benzene rings is 1. The number of rotatable bonds is 2. The number of hydrogen-bond donors (Lipinski definition) is 1. The first kappa shape index (κ1) is 16.6. The normalized spacial score (nSPS) is 42.7. The van der Waals surface area contributed by atoms with Crippen LogP contribution in [0.3, 0.4) is 0 Å². The summed E-state index contributed by atoms with van der Waals surface area (Å²) in [6.07, 6.45) is 9.66. The number of carbonyl (C=O) groups is 1. The zero-order valence-corrected chi connectivity index (χ0v) is 16.0. The zero-order chi connectivity index (χ0) is 18.2. The van der Waals surface area contributed by atoms with Crippen LogP contribution in [-0.4, -0.2) is 16.7 Å². The lowest BCUT2D eigenvalue weighted by atomic mass is 9.48. The molecule has 26 heavy (non-hydrogen) atoms. The van der Waals surface area contributed by atoms with Gasteiger partial charge >= 0.3 is 5.97 Å². The molecule has 3 atom stereocenters. The van der Waals surface area contributed by atoms with Gasteiger partial charge in [0, 0.05) is 11.8 Å². The lowest BCUT2D eigenvalue weighted by Gasteiger charge is -2.57. The lowest BCUT2D eigenvalue weighted by molar-refractivity contribution is -0.176. The Balaban J connectivity index is 1.54. The van der Waals surface area contributed by atoms with E-state index in [1.807, 2.05) is 19.1 Å². The zero-order valence-electron chi connectivity index (χ0n) is 16.0. The van der Waals surface area contributed by atoms with E-state index in [-0.39, 0.29) is 17.0 Å². The number of carbonyl (C=O) groups excluding carboxylic acids is 1. The van der Waals surface area contributed by atoms with Gasteiger partial charge in [-0.3, -0.25) is 4.79 Å². The number of aryl methyl sites for hydroxylation is 1. The van der Waals surface area contributed by atoms with Gasteiger partial charge in [0.2, 0.25) is 0 Å². The second-order valence-corrected chi connectivity index (χ2v) is 9.48. The van der Waals surface area contributed by atoms with Crippen LogP contribution in [0, 0.1) is 16.7 Å². The number of esters is 1. The Kier molecular flexibility index (Phi) is 3.37. The Hall–Kier alpha value is -1.51. The van der Waals surface area contributed by atoms with Crippen LogP contribution in [0.15, 0.2) is 18.2 Å². The molecule has 5 rings (SSSR count). The van der Waals surface area contributed by atoms with Crippen molar-refractivity contribution in [3.63, 3.8) is 0 Å². The van der Waals surface area contributed by atoms with Crippen molar-refractivity contribution in [2.24, 2.45) is 16.7 Å². The first-order valence-electron chi connectivity index (χ1n) is 10.5. The Bertz CT molecular complexity index is 759. The Morgan fingerprint density at radius 2 is 1.96 bits per heavy atom. The number of hydrogen-bond acceptors (Lipinski definition) is 3. The summed E-state index contributed by atoms with van der Waals surface area (Å²) < 4.78 is 6.20. The predicted octanol–water partition coefficient (Wildman–Crippen LogP) is 5.10. The highest BCUT2D eigenvalue weighted by Crippen LogP contribution is 2.78. The van der Waals surface area contributed by atoms with Crippen molar-refractivity contribution in [1.29, 1.82) is 0 Å². The quantitative estimate of drug-likeness (QED) is 0.751. The van der Waals surface area contributed by atoms with E-state index in [9.17, 15) is 9.90 Å². The first-order valence-corrected chi connectivity index (χ1v) is 10.5. The molecule has 3 nitrogen and oxygen atoms in total. The molecular weight excluding hydrogens is 324 g/mol. The smallest absolute Gasteiger partial charge is 0.306 e. The molecule has 4 aliphatic rings. The van der Waals surface area contributed by atoms with Crippen molar-refractivity contribution in [1.82, 2.24) is 0 Å². The van der Waals surface area contributed by atoms with Crippen molar-refractivity contribution >= 4 is 5.97 Å². The van der Waals surface area contributed by atoms with E-state index in [1.54, 1.807) is 0 Å². The summed E-state index contributed by atoms with van der Waals surface area (Å²) in [5.41, 5.74) is 3.09. The summed E-state index contributed by atoms with van der Waals surface area (Å²) in [6, 6.07) is 6.02. The third kappa shape index (κ3) is 1.82. The van der Waals surface area contributed by atoms with Gasteiger partial charge in [-0.25, -0.2) is 0 Å². The molecule has 0 spiro atoms. The molecule has 0 amide bonds. The van der Waals surface area contributed by atoms with E-state index >= 15 is 0 Å². The van der Waals surface area contributed by atoms with E-state index in [1.165, 1.54) is 36.8 Å². The van der Waals surface area contributed by atoms with Crippen molar-refractivity contribution in [2.45, 2.75) is 83.2 Å². The van der Waals surface area contributed by atoms with Crippen molar-refractivity contribution in [3.8, 4) is 5.75 Å². The summed E-state index contributed by atoms with van der Waals surface area (Å²) in [5.74, 6) is 1.69. The molecule has 3 heteroatoms. The van der Waals surface area contributed by atoms with E-state index in [0.717, 1.165) is 25.7 Å². The maximum Gasteiger partial charge on any atom is 0.306 e. The van der Waals surface area contributed by atoms with Crippen LogP contribution in [0.4, 0.5) is 0 Å². The molecule has 4 aliphatic carbocycles. The minimum atomic E-state index is -0.208. The molecule has 0 heterocycles. The molecule has 0 aliphatic heterocycles. The van der Waals surface area contributed by atoms with Gasteiger partial charge in [-0.1, -0.05) is 19.9 Å². The molecule has 0 aromatic heterocycles. The number of phenols is 1. The molecule has 1 N–H and O–H groups in total. The largest absolute Gasteiger partial charge is 0.508 e. The Morgan fingerprint density at radius 1 is 1.19 bits per heavy atom.